The van der Waals surface area contributed by atoms with Gasteiger partial charge in [0.15, 0.2) is 0 Å². The maximum Gasteiger partial charge on any atom is 0.243 e. The molecule has 1 N–H and O–H groups in total. The van der Waals surface area contributed by atoms with Gasteiger partial charge in [-0.1, -0.05) is 24.3 Å². The van der Waals surface area contributed by atoms with Gasteiger partial charge in [0.25, 0.3) is 0 Å². The highest BCUT2D eigenvalue weighted by molar-refractivity contribution is 5.87. The molecule has 1 aromatic heterocycles. The molecule has 2 aromatic carbocycles. The van der Waals surface area contributed by atoms with Crippen molar-refractivity contribution in [3.8, 4) is 11.5 Å². The number of methoxy groups -OCH3 is 1. The molecule has 0 fully saturated rings. The Hall–Kier alpha value is -3.28. The largest absolute Gasteiger partial charge is 0.497 e. The Labute approximate surface area is 164 Å². The highest BCUT2D eigenvalue weighted by Crippen LogP contribution is 2.20. The molecule has 0 spiro atoms. The van der Waals surface area contributed by atoms with Gasteiger partial charge in [-0.2, -0.15) is 0 Å². The number of nitrogens with one attached hydrogen (secondary N) is 1. The van der Waals surface area contributed by atoms with Crippen LogP contribution >= 0.6 is 0 Å². The SMILES string of the molecule is C/C=C/C(=O)NCCc1nc2ccccc2n1CCOc1cccc(OC)c1. The molecule has 28 heavy (non-hydrogen) atoms. The van der Waals surface area contributed by atoms with Crippen LogP contribution in [0.5, 0.6) is 11.5 Å². The molecule has 0 aliphatic carbocycles. The van der Waals surface area contributed by atoms with E-state index in [0.29, 0.717) is 26.1 Å². The number of hydrogen-bond donors (Lipinski definition) is 1. The van der Waals surface area contributed by atoms with E-state index in [1.807, 2.05) is 49.4 Å². The zero-order valence-electron chi connectivity index (χ0n) is 16.2. The Morgan fingerprint density at radius 3 is 2.82 bits per heavy atom. The molecule has 0 saturated carbocycles. The molecular formula is C22H25N3O3. The zero-order chi connectivity index (χ0) is 19.8. The van der Waals surface area contributed by atoms with Crippen molar-refractivity contribution in [1.29, 1.82) is 0 Å². The number of imidazole rings is 1. The van der Waals surface area contributed by atoms with Gasteiger partial charge in [0.05, 0.1) is 24.7 Å². The third-order valence-electron chi connectivity index (χ3n) is 4.32. The highest BCUT2D eigenvalue weighted by Gasteiger charge is 2.11. The summed E-state index contributed by atoms with van der Waals surface area (Å²) < 4.78 is 13.3. The summed E-state index contributed by atoms with van der Waals surface area (Å²) in [5.74, 6) is 2.37. The van der Waals surface area contributed by atoms with Gasteiger partial charge < -0.3 is 19.4 Å². The summed E-state index contributed by atoms with van der Waals surface area (Å²) in [5, 5.41) is 2.87. The summed E-state index contributed by atoms with van der Waals surface area (Å²) >= 11 is 0. The summed E-state index contributed by atoms with van der Waals surface area (Å²) in [6, 6.07) is 15.6. The first-order chi connectivity index (χ1) is 13.7. The second kappa shape index (κ2) is 9.60. The van der Waals surface area contributed by atoms with Crippen LogP contribution in [-0.2, 0) is 17.8 Å². The standard InChI is InChI=1S/C22H25N3O3/c1-3-7-22(26)23-13-12-21-24-19-10-4-5-11-20(19)25(21)14-15-28-18-9-6-8-17(16-18)27-2/h3-11,16H,12-15H2,1-2H3,(H,23,26)/b7-3+. The summed E-state index contributed by atoms with van der Waals surface area (Å²) in [6.45, 7) is 3.52. The van der Waals surface area contributed by atoms with E-state index in [0.717, 1.165) is 28.4 Å². The smallest absolute Gasteiger partial charge is 0.243 e. The lowest BCUT2D eigenvalue weighted by molar-refractivity contribution is -0.116. The number of amides is 1. The monoisotopic (exact) mass is 379 g/mol. The number of nitrogens with zero attached hydrogens (tertiary/aromatic N) is 2. The Morgan fingerprint density at radius 1 is 1.18 bits per heavy atom. The maximum absolute atomic E-state index is 11.6. The summed E-state index contributed by atoms with van der Waals surface area (Å²) in [7, 11) is 1.64. The fourth-order valence-electron chi connectivity index (χ4n) is 3.02. The lowest BCUT2D eigenvalue weighted by Crippen LogP contribution is -2.24. The van der Waals surface area contributed by atoms with Gasteiger partial charge in [-0.15, -0.1) is 0 Å². The molecule has 0 unspecified atom stereocenters. The molecule has 0 saturated heterocycles. The zero-order valence-corrected chi connectivity index (χ0v) is 16.2. The van der Waals surface area contributed by atoms with Crippen molar-refractivity contribution >= 4 is 16.9 Å². The first kappa shape index (κ1) is 19.5. The predicted octanol–water partition coefficient (Wildman–Crippen LogP) is 3.36. The molecule has 0 aliphatic heterocycles. The molecule has 0 bridgehead atoms. The van der Waals surface area contributed by atoms with Crippen LogP contribution in [0.1, 0.15) is 12.7 Å². The van der Waals surface area contributed by atoms with E-state index in [1.54, 1.807) is 13.2 Å². The van der Waals surface area contributed by atoms with Gasteiger partial charge in [0.1, 0.15) is 23.9 Å². The number of rotatable bonds is 9. The van der Waals surface area contributed by atoms with E-state index < -0.39 is 0 Å². The van der Waals surface area contributed by atoms with Crippen LogP contribution in [0.2, 0.25) is 0 Å². The van der Waals surface area contributed by atoms with Crippen molar-refractivity contribution in [3.05, 3.63) is 66.5 Å². The number of hydrogen-bond acceptors (Lipinski definition) is 4. The summed E-state index contributed by atoms with van der Waals surface area (Å²) in [4.78, 5) is 16.3. The fraction of sp³-hybridized carbons (Fsp3) is 0.273. The predicted molar refractivity (Wildman–Crippen MR) is 110 cm³/mol. The molecular weight excluding hydrogens is 354 g/mol. The summed E-state index contributed by atoms with van der Waals surface area (Å²) in [5.41, 5.74) is 2.00. The van der Waals surface area contributed by atoms with Gasteiger partial charge >= 0.3 is 0 Å². The van der Waals surface area contributed by atoms with E-state index in [-0.39, 0.29) is 5.91 Å². The van der Waals surface area contributed by atoms with Gasteiger partial charge in [-0.25, -0.2) is 4.98 Å². The molecule has 3 rings (SSSR count). The Morgan fingerprint density at radius 2 is 2.00 bits per heavy atom. The van der Waals surface area contributed by atoms with E-state index in [4.69, 9.17) is 14.5 Å². The third kappa shape index (κ3) is 4.91. The van der Waals surface area contributed by atoms with E-state index in [1.165, 1.54) is 6.08 Å². The third-order valence-corrected chi connectivity index (χ3v) is 4.32. The molecule has 0 radical (unpaired) electrons. The Kier molecular flexibility index (Phi) is 6.68. The van der Waals surface area contributed by atoms with E-state index in [9.17, 15) is 4.79 Å². The fourth-order valence-corrected chi connectivity index (χ4v) is 3.02. The number of aromatic nitrogens is 2. The Bertz CT molecular complexity index is 963. The highest BCUT2D eigenvalue weighted by atomic mass is 16.5. The van der Waals surface area contributed by atoms with Crippen molar-refractivity contribution in [2.75, 3.05) is 20.3 Å². The van der Waals surface area contributed by atoms with Gasteiger partial charge in [0, 0.05) is 19.0 Å². The van der Waals surface area contributed by atoms with Crippen LogP contribution in [0.25, 0.3) is 11.0 Å². The first-order valence-electron chi connectivity index (χ1n) is 9.33. The van der Waals surface area contributed by atoms with Crippen LogP contribution in [-0.4, -0.2) is 35.7 Å². The van der Waals surface area contributed by atoms with E-state index in [2.05, 4.69) is 16.0 Å². The number of ether oxygens (including phenoxy) is 2. The van der Waals surface area contributed by atoms with Crippen molar-refractivity contribution in [3.63, 3.8) is 0 Å². The van der Waals surface area contributed by atoms with Crippen molar-refractivity contribution in [1.82, 2.24) is 14.9 Å². The Balaban J connectivity index is 1.68. The quantitative estimate of drug-likeness (QED) is 0.579. The van der Waals surface area contributed by atoms with Crippen molar-refractivity contribution in [2.24, 2.45) is 0 Å². The van der Waals surface area contributed by atoms with Gasteiger partial charge in [0.2, 0.25) is 5.91 Å². The van der Waals surface area contributed by atoms with Crippen molar-refractivity contribution < 1.29 is 14.3 Å². The number of benzene rings is 2. The van der Waals surface area contributed by atoms with Crippen molar-refractivity contribution in [2.45, 2.75) is 19.9 Å². The van der Waals surface area contributed by atoms with Crippen LogP contribution < -0.4 is 14.8 Å². The van der Waals surface area contributed by atoms with Crippen LogP contribution in [0.3, 0.4) is 0 Å². The molecule has 3 aromatic rings. The van der Waals surface area contributed by atoms with Gasteiger partial charge in [-0.05, 0) is 37.3 Å². The minimum atomic E-state index is -0.0912. The molecule has 1 heterocycles. The number of carbonyl (C=O) groups is 1. The topological polar surface area (TPSA) is 65.4 Å². The lowest BCUT2D eigenvalue weighted by atomic mass is 10.3. The van der Waals surface area contributed by atoms with Crippen LogP contribution in [0, 0.1) is 0 Å². The van der Waals surface area contributed by atoms with Crippen LogP contribution in [0.4, 0.5) is 0 Å². The molecule has 6 heteroatoms. The molecule has 146 valence electrons. The number of para-hydroxylation sites is 2. The lowest BCUT2D eigenvalue weighted by Gasteiger charge is -2.11. The second-order valence-electron chi connectivity index (χ2n) is 6.24. The molecule has 0 atom stereocenters. The normalized spacial score (nSPS) is 11.1. The molecule has 6 nitrogen and oxygen atoms in total. The first-order valence-corrected chi connectivity index (χ1v) is 9.33. The molecule has 1 amide bonds. The van der Waals surface area contributed by atoms with E-state index >= 15 is 0 Å². The second-order valence-corrected chi connectivity index (χ2v) is 6.24. The minimum absolute atomic E-state index is 0.0912. The average molecular weight is 379 g/mol. The summed E-state index contributed by atoms with van der Waals surface area (Å²) in [6.07, 6.45) is 3.89. The van der Waals surface area contributed by atoms with Crippen LogP contribution in [0.15, 0.2) is 60.7 Å². The molecule has 0 aliphatic rings. The maximum atomic E-state index is 11.6. The number of fused-ring (bicyclic) bond motifs is 1. The number of carbonyl (C=O) groups excluding carboxylic acids is 1. The average Bonchev–Trinajstić information content (AvgIpc) is 3.06. The number of allylic oxidation sites excluding steroid dienone is 1. The van der Waals surface area contributed by atoms with Gasteiger partial charge in [-0.3, -0.25) is 4.79 Å². The minimum Gasteiger partial charge on any atom is -0.497 e.